The Morgan fingerprint density at radius 1 is 1.20 bits per heavy atom. The van der Waals surface area contributed by atoms with Gasteiger partial charge in [-0.25, -0.2) is 4.79 Å². The van der Waals surface area contributed by atoms with Crippen molar-refractivity contribution in [1.29, 1.82) is 0 Å². The van der Waals surface area contributed by atoms with Gasteiger partial charge < -0.3 is 9.47 Å². The number of methoxy groups -OCH3 is 1. The van der Waals surface area contributed by atoms with E-state index in [1.807, 2.05) is 0 Å². The maximum atomic E-state index is 13.8. The Hall–Kier alpha value is -2.00. The fraction of sp³-hybridized carbons (Fsp3) is 0.526. The van der Waals surface area contributed by atoms with E-state index < -0.39 is 23.9 Å². The van der Waals surface area contributed by atoms with Crippen LogP contribution in [0.15, 0.2) is 30.3 Å². The Bertz CT molecular complexity index is 615. The van der Waals surface area contributed by atoms with Crippen molar-refractivity contribution >= 4 is 5.97 Å². The van der Waals surface area contributed by atoms with Gasteiger partial charge in [-0.1, -0.05) is 55.5 Å². The Morgan fingerprint density at radius 3 is 2.28 bits per heavy atom. The smallest absolute Gasteiger partial charge is 0.432 e. The highest BCUT2D eigenvalue weighted by atomic mass is 19.4. The number of carbonyl (C=O) groups is 1. The number of terminal acetylenes is 1. The lowest BCUT2D eigenvalue weighted by Crippen LogP contribution is -2.53. The number of benzene rings is 1. The van der Waals surface area contributed by atoms with Gasteiger partial charge in [0.25, 0.3) is 5.60 Å². The summed E-state index contributed by atoms with van der Waals surface area (Å²) in [5, 5.41) is 0. The molecule has 0 bridgehead atoms. The van der Waals surface area contributed by atoms with Gasteiger partial charge >= 0.3 is 12.1 Å². The zero-order valence-corrected chi connectivity index (χ0v) is 14.0. The quantitative estimate of drug-likeness (QED) is 0.587. The molecule has 2 rings (SSSR count). The van der Waals surface area contributed by atoms with Crippen LogP contribution in [0.3, 0.4) is 0 Å². The van der Waals surface area contributed by atoms with E-state index in [0.29, 0.717) is 0 Å². The monoisotopic (exact) mass is 354 g/mol. The molecule has 1 aromatic rings. The summed E-state index contributed by atoms with van der Waals surface area (Å²) in [6.07, 6.45) is 3.82. The van der Waals surface area contributed by atoms with Crippen molar-refractivity contribution in [1.82, 2.24) is 0 Å². The fourth-order valence-electron chi connectivity index (χ4n) is 3.29. The maximum Gasteiger partial charge on any atom is 0.432 e. The number of alkyl halides is 3. The molecule has 1 aliphatic carbocycles. The molecule has 1 aromatic carbocycles. The molecular formula is C19H21F3O3. The van der Waals surface area contributed by atoms with Crippen LogP contribution < -0.4 is 0 Å². The van der Waals surface area contributed by atoms with E-state index in [1.165, 1.54) is 24.3 Å². The number of carbonyl (C=O) groups excluding carboxylic acids is 1. The summed E-state index contributed by atoms with van der Waals surface area (Å²) in [7, 11) is 0.841. The molecule has 0 amide bonds. The standard InChI is InChI=1S/C19H21F3O3/c1-3-16(14-10-6-4-7-11-14)25-17(23)18(24-2,19(20,21)22)15-12-8-5-9-13-15/h1,5,8-9,12-14,16H,4,6-7,10-11H2,2H3/t16-,18+/m1/s1. The minimum atomic E-state index is -4.99. The number of rotatable bonds is 5. The first-order chi connectivity index (χ1) is 11.9. The van der Waals surface area contributed by atoms with E-state index in [0.717, 1.165) is 39.2 Å². The van der Waals surface area contributed by atoms with Gasteiger partial charge in [0.1, 0.15) is 0 Å². The predicted octanol–water partition coefficient (Wildman–Crippen LogP) is 4.22. The molecule has 6 heteroatoms. The molecule has 2 atom stereocenters. The third-order valence-corrected chi connectivity index (χ3v) is 4.65. The molecule has 0 heterocycles. The Morgan fingerprint density at radius 2 is 1.80 bits per heavy atom. The van der Waals surface area contributed by atoms with E-state index >= 15 is 0 Å². The van der Waals surface area contributed by atoms with Crippen molar-refractivity contribution in [2.24, 2.45) is 5.92 Å². The predicted molar refractivity (Wildman–Crippen MR) is 86.5 cm³/mol. The van der Waals surface area contributed by atoms with Crippen LogP contribution in [-0.4, -0.2) is 25.4 Å². The van der Waals surface area contributed by atoms with Crippen molar-refractivity contribution in [2.75, 3.05) is 7.11 Å². The van der Waals surface area contributed by atoms with Crippen LogP contribution in [0.4, 0.5) is 13.2 Å². The lowest BCUT2D eigenvalue weighted by Gasteiger charge is -2.34. The number of halogens is 3. The largest absolute Gasteiger partial charge is 0.446 e. The summed E-state index contributed by atoms with van der Waals surface area (Å²) in [5.74, 6) is 0.686. The summed E-state index contributed by atoms with van der Waals surface area (Å²) >= 11 is 0. The summed E-state index contributed by atoms with van der Waals surface area (Å²) in [4.78, 5) is 12.6. The molecule has 1 saturated carbocycles. The van der Waals surface area contributed by atoms with Gasteiger partial charge in [-0.3, -0.25) is 0 Å². The summed E-state index contributed by atoms with van der Waals surface area (Å²) in [5.41, 5.74) is -3.53. The van der Waals surface area contributed by atoms with E-state index in [1.54, 1.807) is 6.07 Å². The minimum Gasteiger partial charge on any atom is -0.446 e. The van der Waals surface area contributed by atoms with E-state index in [4.69, 9.17) is 15.9 Å². The van der Waals surface area contributed by atoms with Gasteiger partial charge in [0.15, 0.2) is 6.10 Å². The zero-order chi connectivity index (χ0) is 18.5. The van der Waals surface area contributed by atoms with Crippen LogP contribution in [0.5, 0.6) is 0 Å². The molecule has 0 unspecified atom stereocenters. The highest BCUT2D eigenvalue weighted by Crippen LogP contribution is 2.43. The second-order valence-corrected chi connectivity index (χ2v) is 6.14. The van der Waals surface area contributed by atoms with Gasteiger partial charge in [0.2, 0.25) is 0 Å². The first kappa shape index (κ1) is 19.3. The highest BCUT2D eigenvalue weighted by molar-refractivity contribution is 5.83. The molecular weight excluding hydrogens is 333 g/mol. The van der Waals surface area contributed by atoms with Crippen molar-refractivity contribution in [3.8, 4) is 12.3 Å². The van der Waals surface area contributed by atoms with Gasteiger partial charge in [-0.15, -0.1) is 6.42 Å². The lowest BCUT2D eigenvalue weighted by atomic mass is 9.85. The number of hydrogen-bond donors (Lipinski definition) is 0. The SMILES string of the molecule is C#C[C@@H](OC(=O)[C@@](OC)(c1ccccc1)C(F)(F)F)C1CCCCC1. The van der Waals surface area contributed by atoms with Crippen LogP contribution in [0, 0.1) is 18.3 Å². The van der Waals surface area contributed by atoms with Crippen molar-refractivity contribution in [2.45, 2.75) is 50.0 Å². The van der Waals surface area contributed by atoms with Crippen LogP contribution >= 0.6 is 0 Å². The molecule has 0 spiro atoms. The number of hydrogen-bond acceptors (Lipinski definition) is 3. The molecule has 0 radical (unpaired) electrons. The average Bonchev–Trinajstić information content (AvgIpc) is 2.61. The highest BCUT2D eigenvalue weighted by Gasteiger charge is 2.64. The molecule has 1 aliphatic rings. The minimum absolute atomic E-state index is 0.124. The van der Waals surface area contributed by atoms with Crippen molar-refractivity contribution in [3.05, 3.63) is 35.9 Å². The molecule has 3 nitrogen and oxygen atoms in total. The Labute approximate surface area is 145 Å². The molecule has 0 N–H and O–H groups in total. The molecule has 25 heavy (non-hydrogen) atoms. The van der Waals surface area contributed by atoms with Crippen molar-refractivity contribution in [3.63, 3.8) is 0 Å². The zero-order valence-electron chi connectivity index (χ0n) is 14.0. The van der Waals surface area contributed by atoms with Crippen LogP contribution in [0.2, 0.25) is 0 Å². The molecule has 0 aliphatic heterocycles. The molecule has 1 fully saturated rings. The fourth-order valence-corrected chi connectivity index (χ4v) is 3.29. The first-order valence-corrected chi connectivity index (χ1v) is 8.21. The summed E-state index contributed by atoms with van der Waals surface area (Å²) < 4.78 is 51.4. The second-order valence-electron chi connectivity index (χ2n) is 6.14. The topological polar surface area (TPSA) is 35.5 Å². The Kier molecular flexibility index (Phi) is 6.12. The van der Waals surface area contributed by atoms with E-state index in [9.17, 15) is 18.0 Å². The van der Waals surface area contributed by atoms with Gasteiger partial charge in [-0.05, 0) is 12.8 Å². The van der Waals surface area contributed by atoms with Crippen molar-refractivity contribution < 1.29 is 27.4 Å². The van der Waals surface area contributed by atoms with Crippen LogP contribution in [-0.2, 0) is 19.9 Å². The lowest BCUT2D eigenvalue weighted by molar-refractivity contribution is -0.278. The van der Waals surface area contributed by atoms with E-state index in [-0.39, 0.29) is 11.5 Å². The van der Waals surface area contributed by atoms with Gasteiger partial charge in [0, 0.05) is 18.6 Å². The maximum absolute atomic E-state index is 13.8. The first-order valence-electron chi connectivity index (χ1n) is 8.21. The van der Waals surface area contributed by atoms with Crippen LogP contribution in [0.1, 0.15) is 37.7 Å². The average molecular weight is 354 g/mol. The Balaban J connectivity index is 2.34. The third-order valence-electron chi connectivity index (χ3n) is 4.65. The molecule has 136 valence electrons. The molecule has 0 aromatic heterocycles. The summed E-state index contributed by atoms with van der Waals surface area (Å²) in [6.45, 7) is 0. The third kappa shape index (κ3) is 3.82. The molecule has 0 saturated heterocycles. The van der Waals surface area contributed by atoms with Crippen LogP contribution in [0.25, 0.3) is 0 Å². The number of ether oxygens (including phenoxy) is 2. The number of esters is 1. The van der Waals surface area contributed by atoms with Gasteiger partial charge in [-0.2, -0.15) is 13.2 Å². The second kappa shape index (κ2) is 7.92. The van der Waals surface area contributed by atoms with E-state index in [2.05, 4.69) is 5.92 Å². The normalized spacial score (nSPS) is 19.5. The summed E-state index contributed by atoms with van der Waals surface area (Å²) in [6, 6.07) is 6.73. The van der Waals surface area contributed by atoms with Gasteiger partial charge in [0.05, 0.1) is 0 Å².